The molecule has 4 rings (SSSR count). The van der Waals surface area contributed by atoms with Gasteiger partial charge in [0.2, 0.25) is 5.75 Å². The molecule has 234 valence electrons. The molecule has 43 heavy (non-hydrogen) atoms. The molecule has 1 fully saturated rings. The first kappa shape index (κ1) is 32.0. The highest BCUT2D eigenvalue weighted by Crippen LogP contribution is 2.40. The fourth-order valence-corrected chi connectivity index (χ4v) is 5.53. The van der Waals surface area contributed by atoms with Crippen LogP contribution in [0.25, 0.3) is 5.70 Å². The molecule has 2 aliphatic rings. The maximum atomic E-state index is 14.5. The minimum absolute atomic E-state index is 0.132. The molecule has 0 bridgehead atoms. The van der Waals surface area contributed by atoms with E-state index >= 15 is 0 Å². The van der Waals surface area contributed by atoms with E-state index in [-0.39, 0.29) is 11.6 Å². The van der Waals surface area contributed by atoms with Crippen molar-refractivity contribution in [2.75, 3.05) is 52.4 Å². The molecule has 7 nitrogen and oxygen atoms in total. The van der Waals surface area contributed by atoms with Crippen LogP contribution >= 0.6 is 0 Å². The molecular formula is C34H45F2N3O4. The van der Waals surface area contributed by atoms with Gasteiger partial charge < -0.3 is 34.1 Å². The van der Waals surface area contributed by atoms with Crippen molar-refractivity contribution in [3.8, 4) is 17.2 Å². The van der Waals surface area contributed by atoms with Gasteiger partial charge in [-0.3, -0.25) is 0 Å². The summed E-state index contributed by atoms with van der Waals surface area (Å²) >= 11 is 0. The summed E-state index contributed by atoms with van der Waals surface area (Å²) in [6, 6.07) is 8.13. The van der Waals surface area contributed by atoms with Gasteiger partial charge in [-0.1, -0.05) is 13.0 Å². The molecule has 0 unspecified atom stereocenters. The largest absolute Gasteiger partial charge is 0.493 e. The highest BCUT2D eigenvalue weighted by molar-refractivity contribution is 5.73. The molecule has 0 radical (unpaired) electrons. The van der Waals surface area contributed by atoms with Crippen LogP contribution in [-0.2, 0) is 4.74 Å². The monoisotopic (exact) mass is 597 g/mol. The Bertz CT molecular complexity index is 1330. The van der Waals surface area contributed by atoms with Crippen LogP contribution in [0.2, 0.25) is 0 Å². The fraction of sp³-hybridized carbons (Fsp3) is 0.471. The number of methoxy groups -OCH3 is 3. The number of anilines is 1. The molecule has 1 N–H and O–H groups in total. The van der Waals surface area contributed by atoms with Crippen LogP contribution < -0.4 is 24.4 Å². The molecule has 0 saturated carbocycles. The molecule has 0 amide bonds. The van der Waals surface area contributed by atoms with E-state index in [0.717, 1.165) is 55.1 Å². The summed E-state index contributed by atoms with van der Waals surface area (Å²) in [6.45, 7) is 11.1. The average molecular weight is 598 g/mol. The summed E-state index contributed by atoms with van der Waals surface area (Å²) in [7, 11) is 4.77. The van der Waals surface area contributed by atoms with Crippen LogP contribution in [0.4, 0.5) is 14.5 Å². The number of halogens is 2. The fourth-order valence-electron chi connectivity index (χ4n) is 5.53. The first-order chi connectivity index (χ1) is 20.6. The lowest BCUT2D eigenvalue weighted by Crippen LogP contribution is -2.46. The number of rotatable bonds is 11. The second kappa shape index (κ2) is 14.1. The van der Waals surface area contributed by atoms with E-state index in [1.807, 2.05) is 12.1 Å². The van der Waals surface area contributed by atoms with Gasteiger partial charge in [0.25, 0.3) is 0 Å². The second-order valence-electron chi connectivity index (χ2n) is 11.7. The second-order valence-corrected chi connectivity index (χ2v) is 11.7. The maximum Gasteiger partial charge on any atom is 0.203 e. The Balaban J connectivity index is 1.60. The van der Waals surface area contributed by atoms with Gasteiger partial charge in [-0.05, 0) is 82.0 Å². The molecule has 2 aliphatic heterocycles. The lowest BCUT2D eigenvalue weighted by Gasteiger charge is -2.42. The quantitative estimate of drug-likeness (QED) is 0.283. The van der Waals surface area contributed by atoms with Gasteiger partial charge in [-0.2, -0.15) is 0 Å². The van der Waals surface area contributed by atoms with Crippen molar-refractivity contribution < 1.29 is 27.7 Å². The van der Waals surface area contributed by atoms with Crippen LogP contribution in [0, 0.1) is 11.6 Å². The number of nitrogens with one attached hydrogen (secondary N) is 1. The lowest BCUT2D eigenvalue weighted by molar-refractivity contribution is -0.00484. The minimum atomic E-state index is -0.849. The number of likely N-dealkylation sites (tertiary alicyclic amines) is 1. The van der Waals surface area contributed by atoms with Gasteiger partial charge in [-0.25, -0.2) is 8.78 Å². The van der Waals surface area contributed by atoms with Gasteiger partial charge in [0.15, 0.2) is 29.0 Å². The normalized spacial score (nSPS) is 16.2. The Morgan fingerprint density at radius 2 is 1.67 bits per heavy atom. The number of piperidine rings is 1. The Morgan fingerprint density at radius 1 is 1.00 bits per heavy atom. The number of dihydropyridines is 1. The van der Waals surface area contributed by atoms with Crippen LogP contribution in [0.15, 0.2) is 60.0 Å². The molecule has 9 heteroatoms. The molecule has 0 atom stereocenters. The van der Waals surface area contributed by atoms with Gasteiger partial charge >= 0.3 is 0 Å². The molecule has 2 aromatic rings. The van der Waals surface area contributed by atoms with Gasteiger partial charge in [0, 0.05) is 55.2 Å². The summed E-state index contributed by atoms with van der Waals surface area (Å²) in [5.74, 6) is 0.876. The van der Waals surface area contributed by atoms with E-state index in [1.165, 1.54) is 12.1 Å². The third kappa shape index (κ3) is 7.94. The standard InChI is InChI=1S/C34H45F2N3O4/c1-8-9-32(43-34(2,3)4)38-16-13-25(14-17-38)39(26-10-11-27(35)28(36)21-26)22-23-12-15-37-29(18-23)24-19-30(40-5)33(42-7)31(20-24)41-6/h9-12,18-21,25,37H,8,13-17,22H2,1-7H3/b32-9-. The zero-order chi connectivity index (χ0) is 31.1. The van der Waals surface area contributed by atoms with Crippen molar-refractivity contribution in [1.29, 1.82) is 0 Å². The molecule has 0 spiro atoms. The van der Waals surface area contributed by atoms with E-state index in [4.69, 9.17) is 18.9 Å². The van der Waals surface area contributed by atoms with Crippen molar-refractivity contribution in [2.24, 2.45) is 0 Å². The van der Waals surface area contributed by atoms with Crippen LogP contribution in [0.5, 0.6) is 17.2 Å². The summed E-state index contributed by atoms with van der Waals surface area (Å²) in [4.78, 5) is 4.50. The molecule has 2 aromatic carbocycles. The van der Waals surface area contributed by atoms with Crippen LogP contribution in [0.3, 0.4) is 0 Å². The van der Waals surface area contributed by atoms with Crippen molar-refractivity contribution >= 4 is 11.4 Å². The molecule has 0 aromatic heterocycles. The summed E-state index contributed by atoms with van der Waals surface area (Å²) < 4.78 is 51.3. The zero-order valence-electron chi connectivity index (χ0n) is 26.4. The van der Waals surface area contributed by atoms with Gasteiger partial charge in [-0.15, -0.1) is 0 Å². The van der Waals surface area contributed by atoms with Gasteiger partial charge in [0.1, 0.15) is 5.60 Å². The zero-order valence-corrected chi connectivity index (χ0v) is 26.4. The third-order valence-electron chi connectivity index (χ3n) is 7.56. The summed E-state index contributed by atoms with van der Waals surface area (Å²) in [5, 5.41) is 3.44. The molecule has 2 heterocycles. The van der Waals surface area contributed by atoms with E-state index in [0.29, 0.717) is 36.0 Å². The Morgan fingerprint density at radius 3 is 2.23 bits per heavy atom. The average Bonchev–Trinajstić information content (AvgIpc) is 3.00. The number of ether oxygens (including phenoxy) is 4. The SMILES string of the molecule is CC/C=C(\OC(C)(C)C)N1CCC(N(CC2=CCNC(c3cc(OC)c(OC)c(OC)c3)=C2)c2ccc(F)c(F)c2)CC1. The van der Waals surface area contributed by atoms with Crippen molar-refractivity contribution in [3.63, 3.8) is 0 Å². The van der Waals surface area contributed by atoms with E-state index in [9.17, 15) is 8.78 Å². The number of benzene rings is 2. The van der Waals surface area contributed by atoms with Gasteiger partial charge in [0.05, 0.1) is 21.3 Å². The van der Waals surface area contributed by atoms with Crippen molar-refractivity contribution in [3.05, 3.63) is 77.2 Å². The topological polar surface area (TPSA) is 55.4 Å². The van der Waals surface area contributed by atoms with Crippen LogP contribution in [-0.4, -0.2) is 64.1 Å². The highest BCUT2D eigenvalue weighted by Gasteiger charge is 2.29. The van der Waals surface area contributed by atoms with E-state index in [1.54, 1.807) is 27.4 Å². The van der Waals surface area contributed by atoms with E-state index in [2.05, 4.69) is 61.0 Å². The number of nitrogens with zero attached hydrogens (tertiary/aromatic N) is 2. The van der Waals surface area contributed by atoms with Crippen molar-refractivity contribution in [1.82, 2.24) is 10.2 Å². The van der Waals surface area contributed by atoms with Crippen molar-refractivity contribution in [2.45, 2.75) is 58.6 Å². The lowest BCUT2D eigenvalue weighted by atomic mass is 9.99. The summed E-state index contributed by atoms with van der Waals surface area (Å²) in [5.41, 5.74) is 3.23. The Hall–Kier alpha value is -3.88. The molecule has 1 saturated heterocycles. The Kier molecular flexibility index (Phi) is 10.5. The predicted octanol–water partition coefficient (Wildman–Crippen LogP) is 6.90. The molecular weight excluding hydrogens is 552 g/mol. The predicted molar refractivity (Wildman–Crippen MR) is 168 cm³/mol. The number of hydrogen-bond donors (Lipinski definition) is 1. The number of allylic oxidation sites excluding steroid dienone is 1. The summed E-state index contributed by atoms with van der Waals surface area (Å²) in [6.07, 6.45) is 8.93. The van der Waals surface area contributed by atoms with E-state index < -0.39 is 11.6 Å². The molecule has 0 aliphatic carbocycles. The number of hydrogen-bond acceptors (Lipinski definition) is 7. The first-order valence-corrected chi connectivity index (χ1v) is 14.9. The Labute approximate surface area is 254 Å². The smallest absolute Gasteiger partial charge is 0.203 e. The third-order valence-corrected chi connectivity index (χ3v) is 7.56. The maximum absolute atomic E-state index is 14.5. The first-order valence-electron chi connectivity index (χ1n) is 14.9. The minimum Gasteiger partial charge on any atom is -0.493 e. The highest BCUT2D eigenvalue weighted by atomic mass is 19.2. The van der Waals surface area contributed by atoms with Crippen LogP contribution in [0.1, 0.15) is 52.5 Å².